The zero-order valence-electron chi connectivity index (χ0n) is 42.7. The molecule has 0 bridgehead atoms. The number of carbonyl (C=O) groups is 3. The number of allylic oxidation sites excluding steroid dienone is 12. The van der Waals surface area contributed by atoms with Crippen molar-refractivity contribution in [3.63, 3.8) is 0 Å². The quantitative estimate of drug-likeness (QED) is 0.0262. The lowest BCUT2D eigenvalue weighted by Crippen LogP contribution is -2.30. The maximum atomic E-state index is 12.8. The standard InChI is InChI=1S/C59H102O6/c1-4-7-10-13-16-19-22-25-28-29-32-34-37-40-43-46-49-52-58(61)64-55-56(65-59(62)53-50-47-44-41-38-35-31-27-24-21-18-15-12-9-6-3)54-63-57(60)51-48-45-42-39-36-33-30-26-23-20-17-14-11-8-5-2/h16,18-19,21,25,27-28,31-32,34,40,43,56H,4-15,17,20,22-24,26,29-30,33,35-39,41-42,44-55H2,1-3H3/t56-/m1/s1. The third-order valence-electron chi connectivity index (χ3n) is 11.7. The van der Waals surface area contributed by atoms with Gasteiger partial charge in [-0.1, -0.05) is 229 Å². The predicted octanol–water partition coefficient (Wildman–Crippen LogP) is 18.2. The molecule has 0 aromatic heterocycles. The molecule has 0 spiro atoms. The van der Waals surface area contributed by atoms with Crippen LogP contribution in [0.2, 0.25) is 0 Å². The molecule has 0 unspecified atom stereocenters. The lowest BCUT2D eigenvalue weighted by Gasteiger charge is -2.18. The van der Waals surface area contributed by atoms with E-state index in [0.717, 1.165) is 89.9 Å². The predicted molar refractivity (Wildman–Crippen MR) is 279 cm³/mol. The highest BCUT2D eigenvalue weighted by Gasteiger charge is 2.19. The summed E-state index contributed by atoms with van der Waals surface area (Å²) < 4.78 is 16.8. The van der Waals surface area contributed by atoms with E-state index in [1.165, 1.54) is 128 Å². The first kappa shape index (κ1) is 61.9. The smallest absolute Gasteiger partial charge is 0.306 e. The van der Waals surface area contributed by atoms with Gasteiger partial charge in [0.05, 0.1) is 0 Å². The van der Waals surface area contributed by atoms with E-state index < -0.39 is 6.10 Å². The molecule has 374 valence electrons. The van der Waals surface area contributed by atoms with Gasteiger partial charge in [0, 0.05) is 19.3 Å². The van der Waals surface area contributed by atoms with E-state index in [2.05, 4.69) is 93.7 Å². The maximum absolute atomic E-state index is 12.8. The summed E-state index contributed by atoms with van der Waals surface area (Å²) >= 11 is 0. The van der Waals surface area contributed by atoms with Gasteiger partial charge >= 0.3 is 17.9 Å². The van der Waals surface area contributed by atoms with Crippen LogP contribution in [0.3, 0.4) is 0 Å². The topological polar surface area (TPSA) is 78.9 Å². The van der Waals surface area contributed by atoms with Crippen LogP contribution in [0, 0.1) is 0 Å². The lowest BCUT2D eigenvalue weighted by molar-refractivity contribution is -0.167. The summed E-state index contributed by atoms with van der Waals surface area (Å²) in [5.74, 6) is -0.963. The van der Waals surface area contributed by atoms with E-state index in [4.69, 9.17) is 14.2 Å². The number of ether oxygens (including phenoxy) is 3. The van der Waals surface area contributed by atoms with Gasteiger partial charge in [-0.05, 0) is 89.9 Å². The third kappa shape index (κ3) is 51.7. The van der Waals surface area contributed by atoms with Crippen LogP contribution in [-0.2, 0) is 28.6 Å². The van der Waals surface area contributed by atoms with Gasteiger partial charge < -0.3 is 14.2 Å². The van der Waals surface area contributed by atoms with Gasteiger partial charge in [0.1, 0.15) is 13.2 Å². The number of carbonyl (C=O) groups excluding carboxylic acids is 3. The highest BCUT2D eigenvalue weighted by Crippen LogP contribution is 2.15. The molecule has 6 heteroatoms. The van der Waals surface area contributed by atoms with Crippen molar-refractivity contribution in [2.24, 2.45) is 0 Å². The molecule has 0 aromatic carbocycles. The van der Waals surface area contributed by atoms with Gasteiger partial charge in [0.25, 0.3) is 0 Å². The molecular weight excluding hydrogens is 805 g/mol. The summed E-state index contributed by atoms with van der Waals surface area (Å²) in [6, 6.07) is 0. The molecule has 0 N–H and O–H groups in total. The Morgan fingerprint density at radius 3 is 0.954 bits per heavy atom. The SMILES string of the molecule is CCCCCC=CCC=CCC=CCC=CCCCC(=O)OC[C@@H](COC(=O)CCCCCCCCCCCCCCCCC)OC(=O)CCCCCCCC=CCC=CCCCCC. The van der Waals surface area contributed by atoms with Gasteiger partial charge in [-0.25, -0.2) is 0 Å². The third-order valence-corrected chi connectivity index (χ3v) is 11.7. The summed E-state index contributed by atoms with van der Waals surface area (Å²) in [6.07, 6.45) is 67.4. The minimum absolute atomic E-state index is 0.0963. The van der Waals surface area contributed by atoms with Crippen molar-refractivity contribution in [3.05, 3.63) is 72.9 Å². The Labute approximate surface area is 402 Å². The first-order chi connectivity index (χ1) is 32.0. The van der Waals surface area contributed by atoms with E-state index in [1.807, 2.05) is 0 Å². The van der Waals surface area contributed by atoms with E-state index in [9.17, 15) is 14.4 Å². The lowest BCUT2D eigenvalue weighted by atomic mass is 10.0. The van der Waals surface area contributed by atoms with Crippen LogP contribution >= 0.6 is 0 Å². The second-order valence-corrected chi connectivity index (χ2v) is 18.1. The number of hydrogen-bond donors (Lipinski definition) is 0. The normalized spacial score (nSPS) is 12.6. The van der Waals surface area contributed by atoms with E-state index >= 15 is 0 Å². The highest BCUT2D eigenvalue weighted by atomic mass is 16.6. The summed E-state index contributed by atoms with van der Waals surface area (Å²) in [5, 5.41) is 0. The Morgan fingerprint density at radius 2 is 0.569 bits per heavy atom. The van der Waals surface area contributed by atoms with Gasteiger partial charge in [-0.3, -0.25) is 14.4 Å². The molecule has 0 aliphatic rings. The molecule has 0 rings (SSSR count). The molecule has 0 amide bonds. The minimum atomic E-state index is -0.803. The van der Waals surface area contributed by atoms with Crippen molar-refractivity contribution in [1.29, 1.82) is 0 Å². The van der Waals surface area contributed by atoms with Crippen LogP contribution in [0.25, 0.3) is 0 Å². The number of hydrogen-bond acceptors (Lipinski definition) is 6. The van der Waals surface area contributed by atoms with Crippen molar-refractivity contribution < 1.29 is 28.6 Å². The van der Waals surface area contributed by atoms with Crippen LogP contribution in [0.5, 0.6) is 0 Å². The average Bonchev–Trinajstić information content (AvgIpc) is 3.30. The zero-order chi connectivity index (χ0) is 47.2. The summed E-state index contributed by atoms with van der Waals surface area (Å²) in [6.45, 7) is 6.54. The van der Waals surface area contributed by atoms with Crippen LogP contribution in [0.1, 0.15) is 265 Å². The Morgan fingerprint density at radius 1 is 0.308 bits per heavy atom. The average molecular weight is 907 g/mol. The van der Waals surface area contributed by atoms with Crippen molar-refractivity contribution in [3.8, 4) is 0 Å². The molecule has 6 nitrogen and oxygen atoms in total. The fourth-order valence-electron chi connectivity index (χ4n) is 7.52. The zero-order valence-corrected chi connectivity index (χ0v) is 42.7. The van der Waals surface area contributed by atoms with E-state index in [-0.39, 0.29) is 37.5 Å². The van der Waals surface area contributed by atoms with Crippen molar-refractivity contribution >= 4 is 17.9 Å². The number of unbranched alkanes of at least 4 members (excludes halogenated alkanes) is 26. The first-order valence-electron chi connectivity index (χ1n) is 27.4. The van der Waals surface area contributed by atoms with E-state index in [1.54, 1.807) is 0 Å². The van der Waals surface area contributed by atoms with Crippen LogP contribution in [0.4, 0.5) is 0 Å². The summed E-state index contributed by atoms with van der Waals surface area (Å²) in [7, 11) is 0. The van der Waals surface area contributed by atoms with Gasteiger partial charge in [-0.2, -0.15) is 0 Å². The summed E-state index contributed by atoms with van der Waals surface area (Å²) in [5.41, 5.74) is 0. The Balaban J connectivity index is 4.48. The molecule has 0 radical (unpaired) electrons. The highest BCUT2D eigenvalue weighted by molar-refractivity contribution is 5.71. The minimum Gasteiger partial charge on any atom is -0.462 e. The van der Waals surface area contributed by atoms with Crippen molar-refractivity contribution in [2.75, 3.05) is 13.2 Å². The number of esters is 3. The second kappa shape index (κ2) is 53.5. The molecule has 0 saturated carbocycles. The first-order valence-corrected chi connectivity index (χ1v) is 27.4. The molecule has 65 heavy (non-hydrogen) atoms. The van der Waals surface area contributed by atoms with Crippen LogP contribution in [-0.4, -0.2) is 37.2 Å². The maximum Gasteiger partial charge on any atom is 0.306 e. The largest absolute Gasteiger partial charge is 0.462 e. The summed E-state index contributed by atoms with van der Waals surface area (Å²) in [4.78, 5) is 38.0. The monoisotopic (exact) mass is 907 g/mol. The Hall–Kier alpha value is -3.15. The fraction of sp³-hybridized carbons (Fsp3) is 0.746. The molecule has 0 saturated heterocycles. The Kier molecular flexibility index (Phi) is 50.9. The molecule has 0 aromatic rings. The van der Waals surface area contributed by atoms with Gasteiger partial charge in [0.2, 0.25) is 0 Å². The second-order valence-electron chi connectivity index (χ2n) is 18.1. The van der Waals surface area contributed by atoms with Gasteiger partial charge in [-0.15, -0.1) is 0 Å². The number of rotatable bonds is 49. The molecule has 0 aliphatic carbocycles. The Bertz CT molecular complexity index is 1230. The molecule has 0 heterocycles. The van der Waals surface area contributed by atoms with Crippen LogP contribution in [0.15, 0.2) is 72.9 Å². The van der Waals surface area contributed by atoms with Crippen LogP contribution < -0.4 is 0 Å². The van der Waals surface area contributed by atoms with Crippen molar-refractivity contribution in [1.82, 2.24) is 0 Å². The van der Waals surface area contributed by atoms with E-state index in [0.29, 0.717) is 19.3 Å². The fourth-order valence-corrected chi connectivity index (χ4v) is 7.52. The molecular formula is C59H102O6. The van der Waals surface area contributed by atoms with Crippen molar-refractivity contribution in [2.45, 2.75) is 271 Å². The molecule has 1 atom stereocenters. The molecule has 0 aliphatic heterocycles. The molecule has 0 fully saturated rings. The van der Waals surface area contributed by atoms with Gasteiger partial charge in [0.15, 0.2) is 6.10 Å².